The molecule has 2 aliphatic heterocycles. The Morgan fingerprint density at radius 1 is 1.52 bits per heavy atom. The van der Waals surface area contributed by atoms with Crippen LogP contribution < -0.4 is 5.32 Å². The number of carbonyl (C=O) groups is 3. The molecule has 3 rings (SSSR count). The van der Waals surface area contributed by atoms with Crippen LogP contribution in [0.1, 0.15) is 4.88 Å². The van der Waals surface area contributed by atoms with E-state index in [1.165, 1.54) is 40.3 Å². The smallest absolute Gasteiger partial charge is 0.353 e. The van der Waals surface area contributed by atoms with Gasteiger partial charge < -0.3 is 15.3 Å². The average molecular weight is 407 g/mol. The lowest BCUT2D eigenvalue weighted by Gasteiger charge is -2.49. The number of carbonyl (C=O) groups excluding carboxylic acids is 2. The van der Waals surface area contributed by atoms with Gasteiger partial charge in [0.05, 0.1) is 12.6 Å². The van der Waals surface area contributed by atoms with Crippen molar-refractivity contribution in [3.05, 3.63) is 46.3 Å². The molecule has 0 spiro atoms. The highest BCUT2D eigenvalue weighted by molar-refractivity contribution is 8.00. The Morgan fingerprint density at radius 3 is 3.00 bits per heavy atom. The van der Waals surface area contributed by atoms with Gasteiger partial charge in [0.15, 0.2) is 0 Å². The Hall–Kier alpha value is -2.59. The van der Waals surface area contributed by atoms with E-state index in [0.717, 1.165) is 4.88 Å². The molecule has 8 nitrogen and oxygen atoms in total. The first-order valence-corrected chi connectivity index (χ1v) is 9.95. The predicted molar refractivity (Wildman–Crippen MR) is 102 cm³/mol. The maximum absolute atomic E-state index is 12.5. The number of carboxylic acid groups (broad SMARTS) is 1. The first kappa shape index (κ1) is 19.2. The zero-order chi connectivity index (χ0) is 19.4. The minimum absolute atomic E-state index is 0.126. The van der Waals surface area contributed by atoms with Crippen LogP contribution in [0.4, 0.5) is 0 Å². The third-order valence-electron chi connectivity index (χ3n) is 3.91. The van der Waals surface area contributed by atoms with Crippen molar-refractivity contribution >= 4 is 47.1 Å². The highest BCUT2D eigenvalue weighted by Gasteiger charge is 2.54. The average Bonchev–Trinajstić information content (AvgIpc) is 3.15. The summed E-state index contributed by atoms with van der Waals surface area (Å²) in [6.07, 6.45) is 3.00. The molecule has 0 bridgehead atoms. The van der Waals surface area contributed by atoms with Crippen LogP contribution >= 0.6 is 23.1 Å². The van der Waals surface area contributed by atoms with E-state index in [1.54, 1.807) is 0 Å². The van der Waals surface area contributed by atoms with Crippen molar-refractivity contribution in [2.24, 2.45) is 5.16 Å². The predicted octanol–water partition coefficient (Wildman–Crippen LogP) is 1.22. The number of aliphatic carboxylic acids is 1. The first-order valence-electron chi connectivity index (χ1n) is 8.02. The molecule has 2 amide bonds. The molecular formula is C17H17N3O5S2. The fourth-order valence-corrected chi connectivity index (χ4v) is 4.74. The van der Waals surface area contributed by atoms with Gasteiger partial charge in [-0.2, -0.15) is 0 Å². The van der Waals surface area contributed by atoms with Gasteiger partial charge in [0, 0.05) is 16.2 Å². The van der Waals surface area contributed by atoms with Gasteiger partial charge in [-0.15, -0.1) is 23.1 Å². The van der Waals surface area contributed by atoms with Crippen LogP contribution in [0.5, 0.6) is 0 Å². The van der Waals surface area contributed by atoms with Crippen molar-refractivity contribution in [2.75, 3.05) is 12.4 Å². The van der Waals surface area contributed by atoms with Crippen LogP contribution in [-0.4, -0.2) is 57.8 Å². The highest BCUT2D eigenvalue weighted by Crippen LogP contribution is 2.39. The number of fused-ring (bicyclic) bond motifs is 1. The van der Waals surface area contributed by atoms with E-state index in [4.69, 9.17) is 4.84 Å². The Morgan fingerprint density at radius 2 is 2.33 bits per heavy atom. The number of hydrogen-bond donors (Lipinski definition) is 2. The number of thioether (sulfide) groups is 1. The van der Waals surface area contributed by atoms with Gasteiger partial charge in [-0.1, -0.05) is 23.9 Å². The molecule has 2 N–H and O–H groups in total. The van der Waals surface area contributed by atoms with E-state index in [2.05, 4.69) is 17.1 Å². The molecule has 1 fully saturated rings. The number of hydrogen-bond acceptors (Lipinski definition) is 7. The minimum Gasteiger partial charge on any atom is -0.477 e. The second-order valence-electron chi connectivity index (χ2n) is 5.71. The molecule has 2 aliphatic rings. The summed E-state index contributed by atoms with van der Waals surface area (Å²) in [6.45, 7) is 3.69. The number of thiophene rings is 1. The largest absolute Gasteiger partial charge is 0.477 e. The summed E-state index contributed by atoms with van der Waals surface area (Å²) in [5, 5.41) is 17.4. The maximum atomic E-state index is 12.5. The quantitative estimate of drug-likeness (QED) is 0.221. The monoisotopic (exact) mass is 407 g/mol. The van der Waals surface area contributed by atoms with Crippen molar-refractivity contribution in [2.45, 2.75) is 17.8 Å². The van der Waals surface area contributed by atoms with E-state index in [1.807, 2.05) is 17.5 Å². The lowest BCUT2D eigenvalue weighted by Crippen LogP contribution is -2.70. The Bertz CT molecular complexity index is 819. The second kappa shape index (κ2) is 8.40. The van der Waals surface area contributed by atoms with Crippen LogP contribution in [0.3, 0.4) is 0 Å². The number of nitrogens with zero attached hydrogens (tertiary/aromatic N) is 2. The van der Waals surface area contributed by atoms with E-state index < -0.39 is 23.3 Å². The molecule has 0 radical (unpaired) electrons. The van der Waals surface area contributed by atoms with Crippen molar-refractivity contribution in [3.63, 3.8) is 0 Å². The van der Waals surface area contributed by atoms with Crippen LogP contribution in [0.25, 0.3) is 0 Å². The molecule has 0 aromatic carbocycles. The SMILES string of the molecule is C=CCON=CC1=C(C(=O)O)N2C(=O)[C@@H](NC(=O)Cc3cccs3)[C@@H]2SC1. The number of oxime groups is 1. The molecular weight excluding hydrogens is 390 g/mol. The van der Waals surface area contributed by atoms with Crippen LogP contribution in [0, 0.1) is 0 Å². The molecule has 3 heterocycles. The lowest BCUT2D eigenvalue weighted by molar-refractivity contribution is -0.150. The molecule has 2 atom stereocenters. The molecule has 0 unspecified atom stereocenters. The van der Waals surface area contributed by atoms with Crippen molar-refractivity contribution < 1.29 is 24.3 Å². The molecule has 142 valence electrons. The Labute approximate surface area is 163 Å². The zero-order valence-corrected chi connectivity index (χ0v) is 15.8. The highest BCUT2D eigenvalue weighted by atomic mass is 32.2. The third-order valence-corrected chi connectivity index (χ3v) is 6.09. The molecule has 1 aromatic rings. The summed E-state index contributed by atoms with van der Waals surface area (Å²) in [5.41, 5.74) is 0.253. The van der Waals surface area contributed by atoms with Gasteiger partial charge in [-0.25, -0.2) is 4.79 Å². The van der Waals surface area contributed by atoms with Gasteiger partial charge in [-0.3, -0.25) is 14.5 Å². The molecule has 0 aliphatic carbocycles. The number of amides is 2. The summed E-state index contributed by atoms with van der Waals surface area (Å²) >= 11 is 2.84. The molecule has 0 saturated carbocycles. The Balaban J connectivity index is 1.69. The zero-order valence-electron chi connectivity index (χ0n) is 14.2. The van der Waals surface area contributed by atoms with Gasteiger partial charge in [-0.05, 0) is 11.4 Å². The van der Waals surface area contributed by atoms with Crippen molar-refractivity contribution in [1.29, 1.82) is 0 Å². The second-order valence-corrected chi connectivity index (χ2v) is 7.85. The molecule has 1 saturated heterocycles. The van der Waals surface area contributed by atoms with Gasteiger partial charge in [0.2, 0.25) is 5.91 Å². The maximum Gasteiger partial charge on any atom is 0.353 e. The fraction of sp³-hybridized carbons (Fsp3) is 0.294. The van der Waals surface area contributed by atoms with E-state index in [0.29, 0.717) is 11.3 Å². The van der Waals surface area contributed by atoms with Gasteiger partial charge in [0.25, 0.3) is 5.91 Å². The minimum atomic E-state index is -1.22. The van der Waals surface area contributed by atoms with E-state index in [9.17, 15) is 19.5 Å². The summed E-state index contributed by atoms with van der Waals surface area (Å²) in [7, 11) is 0. The normalized spacial score (nSPS) is 21.6. The fourth-order valence-electron chi connectivity index (χ4n) is 2.73. The lowest BCUT2D eigenvalue weighted by atomic mass is 10.0. The van der Waals surface area contributed by atoms with E-state index >= 15 is 0 Å². The topological polar surface area (TPSA) is 108 Å². The first-order chi connectivity index (χ1) is 13.0. The van der Waals surface area contributed by atoms with Crippen molar-refractivity contribution in [3.8, 4) is 0 Å². The summed E-state index contributed by atoms with van der Waals surface area (Å²) in [5.74, 6) is -1.58. The molecule has 1 aromatic heterocycles. The van der Waals surface area contributed by atoms with Gasteiger partial charge >= 0.3 is 5.97 Å². The number of nitrogens with one attached hydrogen (secondary N) is 1. The van der Waals surface area contributed by atoms with Gasteiger partial charge in [0.1, 0.15) is 23.7 Å². The number of β-lactam (4-membered cyclic amide) rings is 1. The third kappa shape index (κ3) is 4.06. The molecule has 27 heavy (non-hydrogen) atoms. The van der Waals surface area contributed by atoms with E-state index in [-0.39, 0.29) is 24.6 Å². The Kier molecular flexibility index (Phi) is 5.97. The van der Waals surface area contributed by atoms with Crippen LogP contribution in [0.2, 0.25) is 0 Å². The number of rotatable bonds is 8. The number of carboxylic acids is 1. The van der Waals surface area contributed by atoms with Crippen LogP contribution in [0.15, 0.2) is 46.6 Å². The van der Waals surface area contributed by atoms with Crippen LogP contribution in [-0.2, 0) is 25.6 Å². The summed E-state index contributed by atoms with van der Waals surface area (Å²) < 4.78 is 0. The summed E-state index contributed by atoms with van der Waals surface area (Å²) in [6, 6.07) is 2.97. The molecule has 10 heteroatoms. The van der Waals surface area contributed by atoms with Crippen molar-refractivity contribution in [1.82, 2.24) is 10.2 Å². The standard InChI is InChI=1S/C17H17N3O5S2/c1-2-5-25-18-8-10-9-27-16-13(15(22)20(16)14(10)17(23)24)19-12(21)7-11-4-3-6-26-11/h2-4,6,8,13,16H,1,5,7,9H2,(H,19,21)(H,23,24)/t13-,16+/m1/s1. The summed E-state index contributed by atoms with van der Waals surface area (Å²) in [4.78, 5) is 43.3.